The maximum absolute atomic E-state index is 12.9. The fraction of sp³-hybridized carbons (Fsp3) is 0.160. The fourth-order valence-electron chi connectivity index (χ4n) is 3.06. The first kappa shape index (κ1) is 24.1. The molecule has 1 unspecified atom stereocenters. The second-order valence-corrected chi connectivity index (χ2v) is 7.48. The number of nitrogens with one attached hydrogen (secondary N) is 4. The second-order valence-electron chi connectivity index (χ2n) is 7.48. The number of aromatic nitrogens is 1. The number of carbonyl (C=O) groups excluding carboxylic acids is 4. The lowest BCUT2D eigenvalue weighted by Gasteiger charge is -2.18. The molecule has 0 spiro atoms. The maximum Gasteiger partial charge on any atom is 0.269 e. The van der Waals surface area contributed by atoms with Crippen molar-refractivity contribution in [1.82, 2.24) is 21.2 Å². The third-order valence-corrected chi connectivity index (χ3v) is 5.01. The number of anilines is 1. The van der Waals surface area contributed by atoms with Gasteiger partial charge in [-0.05, 0) is 49.7 Å². The summed E-state index contributed by atoms with van der Waals surface area (Å²) in [5.74, 6) is -1.99. The molecule has 9 nitrogen and oxygen atoms in total. The summed E-state index contributed by atoms with van der Waals surface area (Å²) >= 11 is 0. The third-order valence-electron chi connectivity index (χ3n) is 5.01. The molecule has 4 N–H and O–H groups in total. The molecule has 0 radical (unpaired) electrons. The SMILES string of the molecule is CCC(NC(=O)c1ccccc1NC(=O)c1ccc(C)cc1)C(=O)NNC(=O)c1ccncc1. The van der Waals surface area contributed by atoms with Gasteiger partial charge in [-0.1, -0.05) is 36.8 Å². The van der Waals surface area contributed by atoms with Crippen molar-refractivity contribution < 1.29 is 19.2 Å². The Bertz CT molecular complexity index is 1180. The smallest absolute Gasteiger partial charge is 0.269 e. The molecule has 2 aromatic carbocycles. The van der Waals surface area contributed by atoms with Crippen molar-refractivity contribution in [2.75, 3.05) is 5.32 Å². The quantitative estimate of drug-likeness (QED) is 0.404. The molecule has 0 aliphatic rings. The summed E-state index contributed by atoms with van der Waals surface area (Å²) in [6.07, 6.45) is 3.20. The van der Waals surface area contributed by atoms with Crippen LogP contribution >= 0.6 is 0 Å². The van der Waals surface area contributed by atoms with Crippen molar-refractivity contribution >= 4 is 29.3 Å². The minimum absolute atomic E-state index is 0.204. The third kappa shape index (κ3) is 6.26. The van der Waals surface area contributed by atoms with Gasteiger partial charge in [0.1, 0.15) is 6.04 Å². The normalized spacial score (nSPS) is 11.1. The summed E-state index contributed by atoms with van der Waals surface area (Å²) in [4.78, 5) is 54.0. The van der Waals surface area contributed by atoms with Gasteiger partial charge in [-0.2, -0.15) is 0 Å². The zero-order chi connectivity index (χ0) is 24.5. The van der Waals surface area contributed by atoms with Crippen LogP contribution < -0.4 is 21.5 Å². The van der Waals surface area contributed by atoms with Crippen molar-refractivity contribution in [3.63, 3.8) is 0 Å². The molecule has 1 atom stereocenters. The highest BCUT2D eigenvalue weighted by Gasteiger charge is 2.22. The Balaban J connectivity index is 1.64. The highest BCUT2D eigenvalue weighted by molar-refractivity contribution is 6.09. The summed E-state index contributed by atoms with van der Waals surface area (Å²) < 4.78 is 0. The standard InChI is InChI=1S/C25H25N5O4/c1-3-20(25(34)30-29-23(32)18-12-14-26-15-13-18)27-24(33)19-6-4-5-7-21(19)28-22(31)17-10-8-16(2)9-11-17/h4-15,20H,3H2,1-2H3,(H,27,33)(H,28,31)(H,29,32)(H,30,34). The van der Waals surface area contributed by atoms with Gasteiger partial charge >= 0.3 is 0 Å². The molecule has 3 rings (SSSR count). The van der Waals surface area contributed by atoms with E-state index in [9.17, 15) is 19.2 Å². The van der Waals surface area contributed by atoms with Crippen LogP contribution in [0, 0.1) is 6.92 Å². The maximum atomic E-state index is 12.9. The molecule has 0 saturated carbocycles. The lowest BCUT2D eigenvalue weighted by atomic mass is 10.1. The van der Waals surface area contributed by atoms with Crippen LogP contribution in [0.25, 0.3) is 0 Å². The first-order valence-corrected chi connectivity index (χ1v) is 10.7. The number of benzene rings is 2. The number of hydrazine groups is 1. The van der Waals surface area contributed by atoms with E-state index in [1.807, 2.05) is 19.1 Å². The van der Waals surface area contributed by atoms with Crippen LogP contribution in [-0.2, 0) is 4.79 Å². The molecule has 0 saturated heterocycles. The summed E-state index contributed by atoms with van der Waals surface area (Å²) in [5.41, 5.74) is 6.95. The molecule has 34 heavy (non-hydrogen) atoms. The van der Waals surface area contributed by atoms with Gasteiger partial charge in [0.05, 0.1) is 11.3 Å². The molecule has 174 valence electrons. The number of para-hydroxylation sites is 1. The van der Waals surface area contributed by atoms with E-state index in [4.69, 9.17) is 0 Å². The van der Waals surface area contributed by atoms with Gasteiger partial charge in [-0.15, -0.1) is 0 Å². The van der Waals surface area contributed by atoms with Gasteiger partial charge in [0, 0.05) is 23.5 Å². The molecular weight excluding hydrogens is 434 g/mol. The Morgan fingerprint density at radius 1 is 0.794 bits per heavy atom. The van der Waals surface area contributed by atoms with Crippen LogP contribution in [0.3, 0.4) is 0 Å². The minimum Gasteiger partial charge on any atom is -0.340 e. The van der Waals surface area contributed by atoms with E-state index < -0.39 is 23.8 Å². The van der Waals surface area contributed by atoms with Gasteiger partial charge in [0.2, 0.25) is 0 Å². The van der Waals surface area contributed by atoms with Crippen LogP contribution in [0.1, 0.15) is 50.0 Å². The number of hydrogen-bond acceptors (Lipinski definition) is 5. The van der Waals surface area contributed by atoms with Crippen LogP contribution in [0.2, 0.25) is 0 Å². The number of rotatable bonds is 7. The largest absolute Gasteiger partial charge is 0.340 e. The number of aryl methyl sites for hydroxylation is 1. The van der Waals surface area contributed by atoms with Crippen molar-refractivity contribution in [2.45, 2.75) is 26.3 Å². The first-order valence-electron chi connectivity index (χ1n) is 10.7. The van der Waals surface area contributed by atoms with E-state index >= 15 is 0 Å². The van der Waals surface area contributed by atoms with Gasteiger partial charge < -0.3 is 10.6 Å². The second kappa shape index (κ2) is 11.4. The summed E-state index contributed by atoms with van der Waals surface area (Å²) in [6, 6.07) is 15.7. The number of amides is 4. The minimum atomic E-state index is -0.911. The zero-order valence-corrected chi connectivity index (χ0v) is 18.8. The average Bonchev–Trinajstić information content (AvgIpc) is 2.86. The molecular formula is C25H25N5O4. The van der Waals surface area contributed by atoms with Crippen LogP contribution in [0.4, 0.5) is 5.69 Å². The summed E-state index contributed by atoms with van der Waals surface area (Å²) in [6.45, 7) is 3.65. The number of carbonyl (C=O) groups is 4. The van der Waals surface area contributed by atoms with E-state index in [-0.39, 0.29) is 17.9 Å². The molecule has 0 aliphatic carbocycles. The monoisotopic (exact) mass is 459 g/mol. The van der Waals surface area contributed by atoms with Gasteiger partial charge in [0.25, 0.3) is 23.6 Å². The number of nitrogens with zero attached hydrogens (tertiary/aromatic N) is 1. The average molecular weight is 460 g/mol. The van der Waals surface area contributed by atoms with Gasteiger partial charge in [0.15, 0.2) is 0 Å². The van der Waals surface area contributed by atoms with Crippen LogP contribution in [0.15, 0.2) is 73.1 Å². The Kier molecular flexibility index (Phi) is 8.07. The first-order chi connectivity index (χ1) is 16.4. The topological polar surface area (TPSA) is 129 Å². The highest BCUT2D eigenvalue weighted by Crippen LogP contribution is 2.17. The van der Waals surface area contributed by atoms with Gasteiger partial charge in [-0.25, -0.2) is 0 Å². The molecule has 0 aliphatic heterocycles. The Labute approximate surface area is 197 Å². The molecule has 1 aromatic heterocycles. The van der Waals surface area contributed by atoms with Crippen molar-refractivity contribution in [2.24, 2.45) is 0 Å². The molecule has 0 bridgehead atoms. The zero-order valence-electron chi connectivity index (χ0n) is 18.8. The molecule has 4 amide bonds. The number of pyridine rings is 1. The van der Waals surface area contributed by atoms with Crippen molar-refractivity contribution in [3.8, 4) is 0 Å². The molecule has 0 fully saturated rings. The van der Waals surface area contributed by atoms with Crippen LogP contribution in [0.5, 0.6) is 0 Å². The Hall–Kier alpha value is -4.53. The number of hydrogen-bond donors (Lipinski definition) is 4. The van der Waals surface area contributed by atoms with Gasteiger partial charge in [-0.3, -0.25) is 35.0 Å². The molecule has 1 heterocycles. The lowest BCUT2D eigenvalue weighted by molar-refractivity contribution is -0.123. The van der Waals surface area contributed by atoms with Crippen LogP contribution in [-0.4, -0.2) is 34.7 Å². The van der Waals surface area contributed by atoms with Crippen molar-refractivity contribution in [1.29, 1.82) is 0 Å². The van der Waals surface area contributed by atoms with Crippen molar-refractivity contribution in [3.05, 3.63) is 95.3 Å². The van der Waals surface area contributed by atoms with E-state index in [0.29, 0.717) is 16.8 Å². The van der Waals surface area contributed by atoms with E-state index in [1.165, 1.54) is 24.5 Å². The molecule has 9 heteroatoms. The molecule has 3 aromatic rings. The lowest BCUT2D eigenvalue weighted by Crippen LogP contribution is -2.52. The summed E-state index contributed by atoms with van der Waals surface area (Å²) in [7, 11) is 0. The summed E-state index contributed by atoms with van der Waals surface area (Å²) in [5, 5.41) is 5.39. The Morgan fingerprint density at radius 3 is 2.12 bits per heavy atom. The Morgan fingerprint density at radius 2 is 1.44 bits per heavy atom. The van der Waals surface area contributed by atoms with E-state index in [0.717, 1.165) is 5.56 Å². The predicted octanol–water partition coefficient (Wildman–Crippen LogP) is 2.61. The predicted molar refractivity (Wildman–Crippen MR) is 127 cm³/mol. The fourth-order valence-corrected chi connectivity index (χ4v) is 3.06. The van der Waals surface area contributed by atoms with E-state index in [2.05, 4.69) is 26.5 Å². The highest BCUT2D eigenvalue weighted by atomic mass is 16.2. The van der Waals surface area contributed by atoms with E-state index in [1.54, 1.807) is 43.3 Å².